The maximum atomic E-state index is 8.65. The van der Waals surface area contributed by atoms with Gasteiger partial charge in [-0.3, -0.25) is 0 Å². The van der Waals surface area contributed by atoms with Crippen LogP contribution in [0.4, 0.5) is 5.69 Å². The molecule has 0 amide bonds. The summed E-state index contributed by atoms with van der Waals surface area (Å²) in [4.78, 5) is 2.36. The first-order chi connectivity index (χ1) is 7.72. The maximum absolute atomic E-state index is 8.65. The highest BCUT2D eigenvalue weighted by Gasteiger charge is 2.13. The number of rotatable bonds is 2. The lowest BCUT2D eigenvalue weighted by atomic mass is 10.1. The minimum absolute atomic E-state index is 0.172. The Morgan fingerprint density at radius 2 is 2.06 bits per heavy atom. The van der Waals surface area contributed by atoms with E-state index in [-0.39, 0.29) is 5.84 Å². The van der Waals surface area contributed by atoms with Crippen LogP contribution in [0, 0.1) is 6.92 Å². The molecule has 0 saturated carbocycles. The van der Waals surface area contributed by atoms with Crippen LogP contribution in [0.3, 0.4) is 0 Å². The molecule has 1 aliphatic heterocycles. The summed E-state index contributed by atoms with van der Waals surface area (Å²) in [6, 6.07) is 6.04. The van der Waals surface area contributed by atoms with E-state index in [4.69, 9.17) is 10.9 Å². The van der Waals surface area contributed by atoms with Crippen LogP contribution >= 0.6 is 0 Å². The highest BCUT2D eigenvalue weighted by molar-refractivity contribution is 5.98. The second-order valence-electron chi connectivity index (χ2n) is 4.18. The smallest absolute Gasteiger partial charge is 0.170 e. The summed E-state index contributed by atoms with van der Waals surface area (Å²) in [5.74, 6) is 0.172. The van der Waals surface area contributed by atoms with Gasteiger partial charge in [-0.2, -0.15) is 0 Å². The molecule has 1 heterocycles. The minimum Gasteiger partial charge on any atom is -0.409 e. The van der Waals surface area contributed by atoms with Gasteiger partial charge in [-0.15, -0.1) is 0 Å². The third kappa shape index (κ3) is 1.96. The lowest BCUT2D eigenvalue weighted by Crippen LogP contribution is -2.19. The van der Waals surface area contributed by atoms with E-state index in [0.717, 1.165) is 24.2 Å². The van der Waals surface area contributed by atoms with Gasteiger partial charge in [-0.1, -0.05) is 5.16 Å². The van der Waals surface area contributed by atoms with Crippen molar-refractivity contribution in [1.82, 2.24) is 0 Å². The molecule has 1 aromatic carbocycles. The van der Waals surface area contributed by atoms with E-state index in [1.807, 2.05) is 19.1 Å². The number of oxime groups is 1. The average molecular weight is 219 g/mol. The molecule has 0 aromatic heterocycles. The molecule has 4 heteroatoms. The molecule has 1 fully saturated rings. The van der Waals surface area contributed by atoms with Crippen molar-refractivity contribution < 1.29 is 5.21 Å². The van der Waals surface area contributed by atoms with E-state index in [2.05, 4.69) is 16.1 Å². The van der Waals surface area contributed by atoms with E-state index in [0.29, 0.717) is 0 Å². The summed E-state index contributed by atoms with van der Waals surface area (Å²) >= 11 is 0. The third-order valence-corrected chi connectivity index (χ3v) is 3.06. The van der Waals surface area contributed by atoms with Crippen LogP contribution in [-0.4, -0.2) is 24.1 Å². The second-order valence-corrected chi connectivity index (χ2v) is 4.18. The molecule has 0 spiro atoms. The minimum atomic E-state index is 0.172. The summed E-state index contributed by atoms with van der Waals surface area (Å²) in [6.07, 6.45) is 2.53. The molecule has 0 bridgehead atoms. The average Bonchev–Trinajstić information content (AvgIpc) is 2.81. The highest BCUT2D eigenvalue weighted by Crippen LogP contribution is 2.22. The predicted octanol–water partition coefficient (Wildman–Crippen LogP) is 1.69. The highest BCUT2D eigenvalue weighted by atomic mass is 16.4. The van der Waals surface area contributed by atoms with Gasteiger partial charge in [0.05, 0.1) is 0 Å². The zero-order valence-corrected chi connectivity index (χ0v) is 9.48. The summed E-state index contributed by atoms with van der Waals surface area (Å²) in [5.41, 5.74) is 8.65. The van der Waals surface area contributed by atoms with Crippen molar-refractivity contribution in [3.8, 4) is 0 Å². The van der Waals surface area contributed by atoms with E-state index in [1.54, 1.807) is 0 Å². The quantitative estimate of drug-likeness (QED) is 0.344. The van der Waals surface area contributed by atoms with Gasteiger partial charge in [0.25, 0.3) is 0 Å². The summed E-state index contributed by atoms with van der Waals surface area (Å²) in [7, 11) is 0. The molecule has 0 aliphatic carbocycles. The Labute approximate surface area is 95.4 Å². The van der Waals surface area contributed by atoms with Gasteiger partial charge in [-0.05, 0) is 43.5 Å². The fraction of sp³-hybridized carbons (Fsp3) is 0.417. The van der Waals surface area contributed by atoms with Crippen LogP contribution in [0.5, 0.6) is 0 Å². The zero-order valence-electron chi connectivity index (χ0n) is 9.48. The fourth-order valence-electron chi connectivity index (χ4n) is 2.16. The van der Waals surface area contributed by atoms with E-state index >= 15 is 0 Å². The lowest BCUT2D eigenvalue weighted by Gasteiger charge is -2.18. The summed E-state index contributed by atoms with van der Waals surface area (Å²) in [5, 5.41) is 11.7. The molecule has 86 valence electrons. The molecule has 4 nitrogen and oxygen atoms in total. The van der Waals surface area contributed by atoms with Gasteiger partial charge in [0.2, 0.25) is 0 Å². The Hall–Kier alpha value is -1.71. The van der Waals surface area contributed by atoms with Gasteiger partial charge >= 0.3 is 0 Å². The Morgan fingerprint density at radius 1 is 1.38 bits per heavy atom. The SMILES string of the molecule is Cc1cc(N2CCCC2)ccc1/C(N)=N/O. The van der Waals surface area contributed by atoms with Crippen LogP contribution in [0.15, 0.2) is 23.4 Å². The number of hydrogen-bond donors (Lipinski definition) is 2. The second kappa shape index (κ2) is 4.43. The van der Waals surface area contributed by atoms with Crippen molar-refractivity contribution in [2.45, 2.75) is 19.8 Å². The first kappa shape index (κ1) is 10.8. The first-order valence-corrected chi connectivity index (χ1v) is 5.56. The van der Waals surface area contributed by atoms with E-state index in [9.17, 15) is 0 Å². The number of hydrogen-bond acceptors (Lipinski definition) is 3. The third-order valence-electron chi connectivity index (χ3n) is 3.06. The van der Waals surface area contributed by atoms with Crippen molar-refractivity contribution in [1.29, 1.82) is 0 Å². The molecule has 0 atom stereocenters. The van der Waals surface area contributed by atoms with Gasteiger partial charge < -0.3 is 15.8 Å². The van der Waals surface area contributed by atoms with Gasteiger partial charge in [0.1, 0.15) is 0 Å². The topological polar surface area (TPSA) is 61.8 Å². The summed E-state index contributed by atoms with van der Waals surface area (Å²) < 4.78 is 0. The number of nitrogens with two attached hydrogens (primary N) is 1. The van der Waals surface area contributed by atoms with Crippen LogP contribution in [-0.2, 0) is 0 Å². The molecular weight excluding hydrogens is 202 g/mol. The van der Waals surface area contributed by atoms with Crippen LogP contribution in [0.25, 0.3) is 0 Å². The number of nitrogens with zero attached hydrogens (tertiary/aromatic N) is 2. The Kier molecular flexibility index (Phi) is 2.99. The van der Waals surface area contributed by atoms with Gasteiger partial charge in [-0.25, -0.2) is 0 Å². The molecule has 16 heavy (non-hydrogen) atoms. The van der Waals surface area contributed by atoms with E-state index < -0.39 is 0 Å². The van der Waals surface area contributed by atoms with Crippen molar-refractivity contribution >= 4 is 11.5 Å². The normalized spacial score (nSPS) is 16.8. The van der Waals surface area contributed by atoms with Crippen LogP contribution < -0.4 is 10.6 Å². The molecule has 3 N–H and O–H groups in total. The van der Waals surface area contributed by atoms with E-state index in [1.165, 1.54) is 18.5 Å². The molecule has 1 aliphatic rings. The van der Waals surface area contributed by atoms with Crippen molar-refractivity contribution in [2.75, 3.05) is 18.0 Å². The van der Waals surface area contributed by atoms with Gasteiger partial charge in [0.15, 0.2) is 5.84 Å². The number of anilines is 1. The number of benzene rings is 1. The maximum Gasteiger partial charge on any atom is 0.170 e. The van der Waals surface area contributed by atoms with Crippen molar-refractivity contribution in [3.63, 3.8) is 0 Å². The van der Waals surface area contributed by atoms with Gasteiger partial charge in [0, 0.05) is 24.3 Å². The number of aryl methyl sites for hydroxylation is 1. The van der Waals surface area contributed by atoms with Crippen molar-refractivity contribution in [3.05, 3.63) is 29.3 Å². The Balaban J connectivity index is 2.28. The largest absolute Gasteiger partial charge is 0.409 e. The number of amidine groups is 1. The fourth-order valence-corrected chi connectivity index (χ4v) is 2.16. The molecule has 1 aromatic rings. The zero-order chi connectivity index (χ0) is 11.5. The lowest BCUT2D eigenvalue weighted by molar-refractivity contribution is 0.318. The molecule has 0 radical (unpaired) electrons. The first-order valence-electron chi connectivity index (χ1n) is 5.56. The Morgan fingerprint density at radius 3 is 2.62 bits per heavy atom. The monoisotopic (exact) mass is 219 g/mol. The summed E-state index contributed by atoms with van der Waals surface area (Å²) in [6.45, 7) is 4.23. The molecule has 1 saturated heterocycles. The molecule has 2 rings (SSSR count). The van der Waals surface area contributed by atoms with Crippen LogP contribution in [0.2, 0.25) is 0 Å². The standard InChI is InChI=1S/C12H17N3O/c1-9-8-10(15-6-2-3-7-15)4-5-11(9)12(13)14-16/h4-5,8,16H,2-3,6-7H2,1H3,(H2,13,14). The van der Waals surface area contributed by atoms with Crippen molar-refractivity contribution in [2.24, 2.45) is 10.9 Å². The Bertz CT molecular complexity index is 409. The molecule has 0 unspecified atom stereocenters. The predicted molar refractivity (Wildman–Crippen MR) is 65.1 cm³/mol. The van der Waals surface area contributed by atoms with Crippen LogP contribution in [0.1, 0.15) is 24.0 Å². The molecular formula is C12H17N3O.